The maximum Gasteiger partial charge on any atom is 0.416 e. The quantitative estimate of drug-likeness (QED) is 0.413. The molecule has 0 bridgehead atoms. The van der Waals surface area contributed by atoms with Gasteiger partial charge in [0.1, 0.15) is 10.6 Å². The highest BCUT2D eigenvalue weighted by Gasteiger charge is 2.32. The number of rotatable bonds is 5. The third kappa shape index (κ3) is 4.73. The van der Waals surface area contributed by atoms with E-state index in [0.29, 0.717) is 6.42 Å². The van der Waals surface area contributed by atoms with Gasteiger partial charge >= 0.3 is 6.18 Å². The predicted octanol–water partition coefficient (Wildman–Crippen LogP) is 6.40. The molecular formula is C20H16BrF3N2O3S2. The maximum atomic E-state index is 13.1. The number of sulfonamides is 1. The van der Waals surface area contributed by atoms with Gasteiger partial charge in [-0.05, 0) is 77.0 Å². The molecule has 11 heteroatoms. The summed E-state index contributed by atoms with van der Waals surface area (Å²) < 4.78 is 73.6. The third-order valence-corrected chi connectivity index (χ3v) is 7.66. The SMILES string of the molecule is O=S(=O)(Nc1nccs1)c1ccc2c(c1Oc1ccc(C(F)(F)F)cc1Br)CCCC2. The molecule has 0 fully saturated rings. The minimum atomic E-state index is -4.50. The van der Waals surface area contributed by atoms with Gasteiger partial charge in [-0.25, -0.2) is 13.4 Å². The number of fused-ring (bicyclic) bond motifs is 1. The van der Waals surface area contributed by atoms with Crippen molar-refractivity contribution in [3.8, 4) is 11.5 Å². The Morgan fingerprint density at radius 1 is 1.13 bits per heavy atom. The van der Waals surface area contributed by atoms with Gasteiger partial charge in [-0.3, -0.25) is 4.72 Å². The molecule has 1 aliphatic rings. The Morgan fingerprint density at radius 3 is 2.58 bits per heavy atom. The lowest BCUT2D eigenvalue weighted by Crippen LogP contribution is -2.16. The van der Waals surface area contributed by atoms with Crippen LogP contribution in [0.2, 0.25) is 0 Å². The van der Waals surface area contributed by atoms with Crippen LogP contribution >= 0.6 is 27.3 Å². The zero-order chi connectivity index (χ0) is 22.2. The number of alkyl halides is 3. The fraction of sp³-hybridized carbons (Fsp3) is 0.250. The van der Waals surface area contributed by atoms with Crippen molar-refractivity contribution in [3.05, 3.63) is 63.1 Å². The topological polar surface area (TPSA) is 68.3 Å². The number of anilines is 1. The minimum absolute atomic E-state index is 0.0759. The zero-order valence-corrected chi connectivity index (χ0v) is 19.1. The molecule has 3 aromatic rings. The van der Waals surface area contributed by atoms with Crippen molar-refractivity contribution in [2.24, 2.45) is 0 Å². The number of benzene rings is 2. The summed E-state index contributed by atoms with van der Waals surface area (Å²) in [6, 6.07) is 6.22. The van der Waals surface area contributed by atoms with E-state index >= 15 is 0 Å². The second-order valence-corrected chi connectivity index (χ2v) is 10.3. The lowest BCUT2D eigenvalue weighted by Gasteiger charge is -2.22. The lowest BCUT2D eigenvalue weighted by atomic mass is 9.91. The molecule has 164 valence electrons. The van der Waals surface area contributed by atoms with E-state index in [9.17, 15) is 21.6 Å². The van der Waals surface area contributed by atoms with Crippen LogP contribution in [0.1, 0.15) is 29.5 Å². The molecule has 5 nitrogen and oxygen atoms in total. The van der Waals surface area contributed by atoms with Gasteiger partial charge in [-0.15, -0.1) is 11.3 Å². The van der Waals surface area contributed by atoms with Gasteiger partial charge in [-0.1, -0.05) is 6.07 Å². The van der Waals surface area contributed by atoms with Gasteiger partial charge in [0.25, 0.3) is 10.0 Å². The molecule has 1 N–H and O–H groups in total. The van der Waals surface area contributed by atoms with Crippen molar-refractivity contribution in [2.45, 2.75) is 36.8 Å². The Balaban J connectivity index is 1.79. The minimum Gasteiger partial charge on any atom is -0.454 e. The molecule has 1 heterocycles. The molecule has 0 saturated carbocycles. The Kier molecular flexibility index (Phi) is 6.01. The van der Waals surface area contributed by atoms with Gasteiger partial charge in [0.15, 0.2) is 10.9 Å². The standard InChI is InChI=1S/C20H16BrF3N2O3S2/c21-15-11-13(20(22,23)24)6-7-16(15)29-18-14-4-2-1-3-12(14)5-8-17(18)31(27,28)26-19-25-9-10-30-19/h5-11H,1-4H2,(H,25,26). The number of hydrogen-bond acceptors (Lipinski definition) is 5. The lowest BCUT2D eigenvalue weighted by molar-refractivity contribution is -0.137. The fourth-order valence-corrected chi connectivity index (χ4v) is 5.81. The van der Waals surface area contributed by atoms with Gasteiger partial charge in [0, 0.05) is 11.6 Å². The first-order valence-corrected chi connectivity index (χ1v) is 12.4. The molecule has 0 saturated heterocycles. The highest BCUT2D eigenvalue weighted by atomic mass is 79.9. The van der Waals surface area contributed by atoms with E-state index in [4.69, 9.17) is 4.74 Å². The van der Waals surface area contributed by atoms with Crippen LogP contribution in [0.3, 0.4) is 0 Å². The van der Waals surface area contributed by atoms with Crippen LogP contribution in [-0.4, -0.2) is 13.4 Å². The zero-order valence-electron chi connectivity index (χ0n) is 15.9. The highest BCUT2D eigenvalue weighted by Crippen LogP contribution is 2.42. The highest BCUT2D eigenvalue weighted by molar-refractivity contribution is 9.10. The second kappa shape index (κ2) is 8.44. The van der Waals surface area contributed by atoms with Crippen LogP contribution < -0.4 is 9.46 Å². The van der Waals surface area contributed by atoms with E-state index in [0.717, 1.165) is 53.9 Å². The molecule has 1 aromatic heterocycles. The first kappa shape index (κ1) is 22.1. The molecule has 0 radical (unpaired) electrons. The van der Waals surface area contributed by atoms with Crippen LogP contribution in [0.15, 0.2) is 51.3 Å². The van der Waals surface area contributed by atoms with Gasteiger partial charge in [0.2, 0.25) is 0 Å². The van der Waals surface area contributed by atoms with E-state index in [1.165, 1.54) is 18.3 Å². The summed E-state index contributed by atoms with van der Waals surface area (Å²) in [6.45, 7) is 0. The Morgan fingerprint density at radius 2 is 1.90 bits per heavy atom. The van der Waals surface area contributed by atoms with Gasteiger partial charge in [-0.2, -0.15) is 13.2 Å². The fourth-order valence-electron chi connectivity index (χ4n) is 3.41. The largest absolute Gasteiger partial charge is 0.454 e. The number of nitrogens with one attached hydrogen (secondary N) is 1. The van der Waals surface area contributed by atoms with Crippen LogP contribution in [0, 0.1) is 0 Å². The first-order chi connectivity index (χ1) is 14.6. The number of aryl methyl sites for hydroxylation is 1. The molecule has 2 aromatic carbocycles. The van der Waals surface area contributed by atoms with Crippen molar-refractivity contribution in [1.82, 2.24) is 4.98 Å². The van der Waals surface area contributed by atoms with E-state index in [2.05, 4.69) is 25.6 Å². The number of hydrogen-bond donors (Lipinski definition) is 1. The van der Waals surface area contributed by atoms with E-state index in [1.54, 1.807) is 11.4 Å². The van der Waals surface area contributed by atoms with Crippen molar-refractivity contribution in [1.29, 1.82) is 0 Å². The Bertz CT molecular complexity index is 1210. The van der Waals surface area contributed by atoms with Crippen molar-refractivity contribution < 1.29 is 26.3 Å². The summed E-state index contributed by atoms with van der Waals surface area (Å²) in [5.74, 6) is 0.222. The molecule has 0 unspecified atom stereocenters. The van der Waals surface area contributed by atoms with Crippen LogP contribution in [-0.2, 0) is 29.0 Å². The summed E-state index contributed by atoms with van der Waals surface area (Å²) in [6.07, 6.45) is 0.204. The molecule has 1 aliphatic carbocycles. The molecule has 0 aliphatic heterocycles. The van der Waals surface area contributed by atoms with Crippen molar-refractivity contribution in [2.75, 3.05) is 4.72 Å². The summed E-state index contributed by atoms with van der Waals surface area (Å²) >= 11 is 4.25. The van der Waals surface area contributed by atoms with Crippen LogP contribution in [0.25, 0.3) is 0 Å². The van der Waals surface area contributed by atoms with Crippen molar-refractivity contribution >= 4 is 42.4 Å². The van der Waals surface area contributed by atoms with Crippen LogP contribution in [0.4, 0.5) is 18.3 Å². The monoisotopic (exact) mass is 532 g/mol. The third-order valence-electron chi connectivity index (χ3n) is 4.86. The average Bonchev–Trinajstić information content (AvgIpc) is 3.21. The molecule has 0 amide bonds. The smallest absolute Gasteiger partial charge is 0.416 e. The number of ether oxygens (including phenoxy) is 1. The van der Waals surface area contributed by atoms with E-state index < -0.39 is 21.8 Å². The van der Waals surface area contributed by atoms with Gasteiger partial charge in [0.05, 0.1) is 10.0 Å². The van der Waals surface area contributed by atoms with E-state index in [-0.39, 0.29) is 26.0 Å². The molecule has 4 rings (SSSR count). The summed E-state index contributed by atoms with van der Waals surface area (Å²) in [7, 11) is -4.03. The molecule has 31 heavy (non-hydrogen) atoms. The summed E-state index contributed by atoms with van der Waals surface area (Å²) in [5.41, 5.74) is 0.887. The van der Waals surface area contributed by atoms with Crippen LogP contribution in [0.5, 0.6) is 11.5 Å². The summed E-state index contributed by atoms with van der Waals surface area (Å²) in [5, 5.41) is 1.85. The number of nitrogens with zero attached hydrogens (tertiary/aromatic N) is 1. The average molecular weight is 533 g/mol. The second-order valence-electron chi connectivity index (χ2n) is 6.93. The van der Waals surface area contributed by atoms with E-state index in [1.807, 2.05) is 0 Å². The molecule has 0 spiro atoms. The summed E-state index contributed by atoms with van der Waals surface area (Å²) in [4.78, 5) is 3.86. The Labute approximate surface area is 189 Å². The first-order valence-electron chi connectivity index (χ1n) is 9.27. The maximum absolute atomic E-state index is 13.1. The number of aromatic nitrogens is 1. The predicted molar refractivity (Wildman–Crippen MR) is 115 cm³/mol. The number of halogens is 4. The molecule has 0 atom stereocenters. The number of thiazole rings is 1. The van der Waals surface area contributed by atoms with Gasteiger partial charge < -0.3 is 4.74 Å². The van der Waals surface area contributed by atoms with Crippen molar-refractivity contribution in [3.63, 3.8) is 0 Å². The molecular weight excluding hydrogens is 517 g/mol. The normalized spacial score (nSPS) is 14.2. The Hall–Kier alpha value is -2.11.